The van der Waals surface area contributed by atoms with Gasteiger partial charge < -0.3 is 5.11 Å². The van der Waals surface area contributed by atoms with E-state index in [2.05, 4.69) is 35.2 Å². The van der Waals surface area contributed by atoms with Gasteiger partial charge in [-0.05, 0) is 57.1 Å². The number of nitrogens with zero attached hydrogens (tertiary/aromatic N) is 2. The number of aliphatic hydroxyl groups excluding tert-OH is 1. The molecule has 4 rings (SSSR count). The van der Waals surface area contributed by atoms with Crippen LogP contribution in [0.4, 0.5) is 0 Å². The van der Waals surface area contributed by atoms with Gasteiger partial charge in [0, 0.05) is 16.8 Å². The third kappa shape index (κ3) is 3.97. The lowest BCUT2D eigenvalue weighted by Gasteiger charge is -2.41. The van der Waals surface area contributed by atoms with Crippen LogP contribution in [0.15, 0.2) is 30.3 Å². The number of hydrogen-bond acceptors (Lipinski definition) is 4. The molecule has 0 spiro atoms. The van der Waals surface area contributed by atoms with Gasteiger partial charge >= 0.3 is 0 Å². The second-order valence-corrected chi connectivity index (χ2v) is 8.99. The molecule has 1 aromatic heterocycles. The summed E-state index contributed by atoms with van der Waals surface area (Å²) in [5, 5.41) is 11.5. The van der Waals surface area contributed by atoms with E-state index in [1.165, 1.54) is 53.2 Å². The second kappa shape index (κ2) is 7.56. The lowest BCUT2D eigenvalue weighted by atomic mass is 9.76. The number of fused-ring (bicyclic) bond motifs is 1. The molecule has 4 heteroatoms. The van der Waals surface area contributed by atoms with Crippen molar-refractivity contribution in [3.05, 3.63) is 51.5 Å². The number of aromatic nitrogens is 1. The van der Waals surface area contributed by atoms with Crippen LogP contribution in [0.5, 0.6) is 0 Å². The van der Waals surface area contributed by atoms with E-state index in [0.29, 0.717) is 0 Å². The maximum absolute atomic E-state index is 10.2. The van der Waals surface area contributed by atoms with Crippen LogP contribution in [0.1, 0.15) is 46.8 Å². The van der Waals surface area contributed by atoms with Crippen LogP contribution in [0, 0.1) is 5.41 Å². The van der Waals surface area contributed by atoms with Crippen molar-refractivity contribution in [2.24, 2.45) is 5.41 Å². The van der Waals surface area contributed by atoms with E-state index < -0.39 is 0 Å². The smallest absolute Gasteiger partial charge is 0.107 e. The molecule has 0 radical (unpaired) electrons. The standard InChI is InChI=1S/C21H28N2OS/c24-16-21(13-17-7-2-1-3-8-17)11-6-12-23(15-21)14-20-22-18-9-4-5-10-19(18)25-20/h1-3,7-8,24H,4-6,9-16H2. The van der Waals surface area contributed by atoms with Crippen molar-refractivity contribution in [2.75, 3.05) is 19.7 Å². The number of benzene rings is 1. The molecule has 1 unspecified atom stereocenters. The normalized spacial score (nSPS) is 24.2. The molecule has 2 aromatic rings. The number of thiazole rings is 1. The molecule has 3 nitrogen and oxygen atoms in total. The van der Waals surface area contributed by atoms with E-state index >= 15 is 0 Å². The van der Waals surface area contributed by atoms with Gasteiger partial charge in [0.1, 0.15) is 5.01 Å². The Kier molecular flexibility index (Phi) is 5.20. The minimum absolute atomic E-state index is 0.00349. The number of piperidine rings is 1. The Labute approximate surface area is 154 Å². The molecule has 1 aliphatic heterocycles. The summed E-state index contributed by atoms with van der Waals surface area (Å²) in [5.74, 6) is 0. The van der Waals surface area contributed by atoms with Crippen LogP contribution in [-0.4, -0.2) is 34.7 Å². The first-order valence-electron chi connectivity index (χ1n) is 9.61. The van der Waals surface area contributed by atoms with Gasteiger partial charge in [0.15, 0.2) is 0 Å². The monoisotopic (exact) mass is 356 g/mol. The Morgan fingerprint density at radius 3 is 2.76 bits per heavy atom. The number of aryl methyl sites for hydroxylation is 2. The Balaban J connectivity index is 1.45. The summed E-state index contributed by atoms with van der Waals surface area (Å²) in [6.07, 6.45) is 8.26. The van der Waals surface area contributed by atoms with E-state index in [4.69, 9.17) is 4.98 Å². The Hall–Kier alpha value is -1.23. The van der Waals surface area contributed by atoms with Crippen LogP contribution in [0.2, 0.25) is 0 Å². The Bertz CT molecular complexity index is 676. The fraction of sp³-hybridized carbons (Fsp3) is 0.571. The van der Waals surface area contributed by atoms with Gasteiger partial charge in [-0.2, -0.15) is 0 Å². The van der Waals surface area contributed by atoms with Crippen molar-refractivity contribution in [1.82, 2.24) is 9.88 Å². The zero-order valence-corrected chi connectivity index (χ0v) is 15.7. The second-order valence-electron chi connectivity index (χ2n) is 7.82. The predicted octanol–water partition coefficient (Wildman–Crippen LogP) is 3.84. The molecule has 1 saturated heterocycles. The SMILES string of the molecule is OCC1(Cc2ccccc2)CCCN(Cc2nc3c(s2)CCCC3)C1. The first-order chi connectivity index (χ1) is 12.3. The van der Waals surface area contributed by atoms with Gasteiger partial charge in [0.25, 0.3) is 0 Å². The molecule has 1 atom stereocenters. The fourth-order valence-corrected chi connectivity index (χ4v) is 5.67. The molecule has 25 heavy (non-hydrogen) atoms. The molecular formula is C21H28N2OS. The van der Waals surface area contributed by atoms with E-state index in [9.17, 15) is 5.11 Å². The van der Waals surface area contributed by atoms with Crippen LogP contribution in [0.25, 0.3) is 0 Å². The van der Waals surface area contributed by atoms with E-state index in [1.54, 1.807) is 0 Å². The number of hydrogen-bond donors (Lipinski definition) is 1. The van der Waals surface area contributed by atoms with Crippen LogP contribution < -0.4 is 0 Å². The molecule has 1 N–H and O–H groups in total. The first-order valence-corrected chi connectivity index (χ1v) is 10.4. The van der Waals surface area contributed by atoms with E-state index in [0.717, 1.165) is 32.5 Å². The summed E-state index contributed by atoms with van der Waals surface area (Å²) in [5.41, 5.74) is 2.69. The molecule has 1 aromatic carbocycles. The molecule has 1 aliphatic carbocycles. The van der Waals surface area contributed by atoms with Crippen molar-refractivity contribution in [1.29, 1.82) is 0 Å². The van der Waals surface area contributed by atoms with Gasteiger partial charge in [-0.25, -0.2) is 4.98 Å². The van der Waals surface area contributed by atoms with Crippen molar-refractivity contribution in [2.45, 2.75) is 51.5 Å². The number of rotatable bonds is 5. The van der Waals surface area contributed by atoms with Gasteiger partial charge in [-0.1, -0.05) is 30.3 Å². The highest BCUT2D eigenvalue weighted by Crippen LogP contribution is 2.35. The quantitative estimate of drug-likeness (QED) is 0.884. The largest absolute Gasteiger partial charge is 0.396 e. The van der Waals surface area contributed by atoms with Gasteiger partial charge in [0.05, 0.1) is 18.8 Å². The van der Waals surface area contributed by atoms with Gasteiger partial charge in [-0.15, -0.1) is 11.3 Å². The van der Waals surface area contributed by atoms with Gasteiger partial charge in [-0.3, -0.25) is 4.90 Å². The maximum atomic E-state index is 10.2. The Morgan fingerprint density at radius 2 is 1.96 bits per heavy atom. The van der Waals surface area contributed by atoms with E-state index in [1.807, 2.05) is 11.3 Å². The summed E-state index contributed by atoms with van der Waals surface area (Å²) in [6.45, 7) is 3.32. The molecule has 0 saturated carbocycles. The molecular weight excluding hydrogens is 328 g/mol. The third-order valence-electron chi connectivity index (χ3n) is 5.75. The lowest BCUT2D eigenvalue weighted by Crippen LogP contribution is -2.46. The maximum Gasteiger partial charge on any atom is 0.107 e. The molecule has 0 amide bonds. The summed E-state index contributed by atoms with van der Waals surface area (Å²) in [7, 11) is 0. The van der Waals surface area contributed by atoms with Crippen LogP contribution in [-0.2, 0) is 25.8 Å². The van der Waals surface area contributed by atoms with Crippen LogP contribution >= 0.6 is 11.3 Å². The van der Waals surface area contributed by atoms with E-state index in [-0.39, 0.29) is 12.0 Å². The van der Waals surface area contributed by atoms with Crippen molar-refractivity contribution in [3.8, 4) is 0 Å². The van der Waals surface area contributed by atoms with Crippen molar-refractivity contribution >= 4 is 11.3 Å². The molecule has 134 valence electrons. The van der Waals surface area contributed by atoms with Crippen molar-refractivity contribution in [3.63, 3.8) is 0 Å². The van der Waals surface area contributed by atoms with Gasteiger partial charge in [0.2, 0.25) is 0 Å². The van der Waals surface area contributed by atoms with Crippen LogP contribution in [0.3, 0.4) is 0 Å². The zero-order chi connectivity index (χ0) is 17.1. The Morgan fingerprint density at radius 1 is 1.12 bits per heavy atom. The highest BCUT2D eigenvalue weighted by atomic mass is 32.1. The average molecular weight is 357 g/mol. The zero-order valence-electron chi connectivity index (χ0n) is 14.9. The summed E-state index contributed by atoms with van der Waals surface area (Å²) in [4.78, 5) is 8.96. The molecule has 1 fully saturated rings. The lowest BCUT2D eigenvalue weighted by molar-refractivity contribution is 0.0288. The summed E-state index contributed by atoms with van der Waals surface area (Å²) in [6, 6.07) is 10.6. The summed E-state index contributed by atoms with van der Waals surface area (Å²) < 4.78 is 0. The average Bonchev–Trinajstić information content (AvgIpc) is 3.05. The minimum atomic E-state index is -0.00349. The van der Waals surface area contributed by atoms with Crippen molar-refractivity contribution < 1.29 is 5.11 Å². The minimum Gasteiger partial charge on any atom is -0.396 e. The molecule has 2 heterocycles. The highest BCUT2D eigenvalue weighted by molar-refractivity contribution is 7.11. The first kappa shape index (κ1) is 17.2. The topological polar surface area (TPSA) is 36.4 Å². The molecule has 2 aliphatic rings. The number of likely N-dealkylation sites (tertiary alicyclic amines) is 1. The predicted molar refractivity (Wildman–Crippen MR) is 103 cm³/mol. The summed E-state index contributed by atoms with van der Waals surface area (Å²) >= 11 is 1.93. The molecule has 0 bridgehead atoms. The number of aliphatic hydroxyl groups is 1. The third-order valence-corrected chi connectivity index (χ3v) is 6.89. The fourth-order valence-electron chi connectivity index (χ4n) is 4.47. The highest BCUT2D eigenvalue weighted by Gasteiger charge is 2.35.